The molecular weight excluding hydrogens is 379 g/mol. The van der Waals surface area contributed by atoms with E-state index in [1.54, 1.807) is 0 Å². The van der Waals surface area contributed by atoms with E-state index in [2.05, 4.69) is 0 Å². The molecule has 0 heterocycles. The summed E-state index contributed by atoms with van der Waals surface area (Å²) in [5, 5.41) is 65.1. The third-order valence-corrected chi connectivity index (χ3v) is 1.65. The summed E-state index contributed by atoms with van der Waals surface area (Å²) in [7, 11) is 0. The Morgan fingerprint density at radius 1 is 0.769 bits per heavy atom. The van der Waals surface area contributed by atoms with E-state index in [4.69, 9.17) is 40.5 Å². The van der Waals surface area contributed by atoms with Crippen LogP contribution in [0.25, 0.3) is 0 Å². The third-order valence-electron chi connectivity index (χ3n) is 1.65. The van der Waals surface area contributed by atoms with Gasteiger partial charge in [-0.3, -0.25) is 4.79 Å². The number of carbonyl (C=O) groups is 6. The monoisotopic (exact) mass is 392 g/mol. The Morgan fingerprint density at radius 3 is 1.23 bits per heavy atom. The average Bonchev–Trinajstić information content (AvgIpc) is 2.34. The summed E-state index contributed by atoms with van der Waals surface area (Å²) in [5.41, 5.74) is -2.80. The van der Waals surface area contributed by atoms with Crippen molar-refractivity contribution in [2.75, 3.05) is 0 Å². The molecule has 0 aliphatic heterocycles. The van der Waals surface area contributed by atoms with Gasteiger partial charge in [-0.2, -0.15) is 0 Å². The van der Waals surface area contributed by atoms with Gasteiger partial charge < -0.3 is 45.6 Å². The fraction of sp³-hybridized carbons (Fsp3) is 0.273. The van der Waals surface area contributed by atoms with Crippen LogP contribution in [0.2, 0.25) is 0 Å². The molecule has 0 saturated heterocycles. The van der Waals surface area contributed by atoms with Crippen LogP contribution >= 0.6 is 0 Å². The molecule has 0 aromatic carbocycles. The van der Waals surface area contributed by atoms with Gasteiger partial charge in [0.1, 0.15) is 0 Å². The van der Waals surface area contributed by atoms with Crippen molar-refractivity contribution in [3.8, 4) is 0 Å². The Bertz CT molecular complexity index is 515. The van der Waals surface area contributed by atoms with Crippen LogP contribution in [0, 0.1) is 0 Å². The zero-order valence-electron chi connectivity index (χ0n) is 13.1. The molecular formula is C11H13NaO14. The molecule has 26 heavy (non-hydrogen) atoms. The van der Waals surface area contributed by atoms with Gasteiger partial charge in [-0.15, -0.1) is 0 Å². The first-order chi connectivity index (χ1) is 11.1. The van der Waals surface area contributed by atoms with Crippen LogP contribution in [0.5, 0.6) is 0 Å². The largest absolute Gasteiger partial charge is 1.00 e. The molecule has 0 bridgehead atoms. The maximum Gasteiger partial charge on any atom is 1.00 e. The molecule has 1 atom stereocenters. The molecule has 0 rings (SSSR count). The summed E-state index contributed by atoms with van der Waals surface area (Å²) >= 11 is 0. The van der Waals surface area contributed by atoms with Crippen molar-refractivity contribution >= 4 is 36.0 Å². The van der Waals surface area contributed by atoms with Crippen LogP contribution in [-0.2, 0) is 24.0 Å². The fourth-order valence-corrected chi connectivity index (χ4v) is 0.845. The number of carboxylic acids is 5. The third kappa shape index (κ3) is 26.2. The van der Waals surface area contributed by atoms with Crippen LogP contribution in [0.3, 0.4) is 0 Å². The second-order valence-corrected chi connectivity index (χ2v) is 3.75. The molecule has 1 unspecified atom stereocenters. The summed E-state index contributed by atoms with van der Waals surface area (Å²) in [5.74, 6) is -7.85. The molecule has 0 radical (unpaired) electrons. The molecule has 0 aromatic heterocycles. The Morgan fingerprint density at radius 2 is 1.08 bits per heavy atom. The number of aliphatic hydroxyl groups is 1. The van der Waals surface area contributed by atoms with E-state index in [-0.39, 0.29) is 29.6 Å². The number of hydrogen-bond acceptors (Lipinski definition) is 8. The van der Waals surface area contributed by atoms with Gasteiger partial charge in [0.15, 0.2) is 5.60 Å². The summed E-state index contributed by atoms with van der Waals surface area (Å²) in [6.07, 6.45) is -3.16. The minimum atomic E-state index is -2.80. The fourth-order valence-electron chi connectivity index (χ4n) is 0.845. The van der Waals surface area contributed by atoms with Crippen molar-refractivity contribution in [1.82, 2.24) is 0 Å². The van der Waals surface area contributed by atoms with Gasteiger partial charge in [0.25, 0.3) is 0 Å². The van der Waals surface area contributed by atoms with Crippen molar-refractivity contribution in [1.29, 1.82) is 0 Å². The van der Waals surface area contributed by atoms with Gasteiger partial charge in [0.05, 0.1) is 6.42 Å². The van der Waals surface area contributed by atoms with Crippen molar-refractivity contribution in [2.45, 2.75) is 18.4 Å². The molecule has 0 aliphatic rings. The van der Waals surface area contributed by atoms with Crippen LogP contribution in [0.15, 0.2) is 12.2 Å². The first kappa shape index (κ1) is 31.1. The topological polar surface area (TPSA) is 267 Å². The van der Waals surface area contributed by atoms with E-state index in [0.717, 1.165) is 0 Å². The van der Waals surface area contributed by atoms with Crippen molar-refractivity contribution in [3.05, 3.63) is 12.2 Å². The molecule has 0 fully saturated rings. The standard InChI is InChI=1S/C6H8O7.C4H4O4.CH2O3.Na/c7-3(8)1-6(13,5(11)12)2-4(9)10;5-3(6)1-2-4(7)8;2-1(3)4;/h13H,1-2H2,(H,7,8)(H,9,10)(H,11,12);1-2H,(H,5,6)(H,7,8);(H2,2,3,4);/q;;;+1/p-1. The Kier molecular flexibility index (Phi) is 18.9. The van der Waals surface area contributed by atoms with Crippen LogP contribution < -0.4 is 34.7 Å². The van der Waals surface area contributed by atoms with Crippen LogP contribution in [0.4, 0.5) is 4.79 Å². The van der Waals surface area contributed by atoms with E-state index in [0.29, 0.717) is 12.2 Å². The number of aliphatic carboxylic acids is 5. The Balaban J connectivity index is -0.000000159. The van der Waals surface area contributed by atoms with Gasteiger partial charge >= 0.3 is 59.6 Å². The number of hydrogen-bond donors (Lipinski definition) is 7. The minimum Gasteiger partial charge on any atom is -0.550 e. The van der Waals surface area contributed by atoms with Crippen LogP contribution in [0.1, 0.15) is 12.8 Å². The minimum absolute atomic E-state index is 0. The Labute approximate surface area is 165 Å². The zero-order chi connectivity index (χ0) is 20.8. The predicted molar refractivity (Wildman–Crippen MR) is 69.5 cm³/mol. The Hall–Kier alpha value is -2.68. The smallest absolute Gasteiger partial charge is 0.550 e. The first-order valence-corrected chi connectivity index (χ1v) is 5.57. The van der Waals surface area contributed by atoms with Gasteiger partial charge in [-0.25, -0.2) is 19.2 Å². The van der Waals surface area contributed by atoms with E-state index in [9.17, 15) is 29.1 Å². The van der Waals surface area contributed by atoms with Gasteiger partial charge in [-0.1, -0.05) is 0 Å². The van der Waals surface area contributed by atoms with Crippen molar-refractivity contribution in [2.24, 2.45) is 0 Å². The molecule has 0 amide bonds. The molecule has 15 heteroatoms. The predicted octanol–water partition coefficient (Wildman–Crippen LogP) is -5.64. The van der Waals surface area contributed by atoms with E-state index in [1.165, 1.54) is 0 Å². The maximum atomic E-state index is 10.3. The van der Waals surface area contributed by atoms with Crippen molar-refractivity contribution < 1.29 is 99.2 Å². The molecule has 0 aromatic rings. The molecule has 0 spiro atoms. The summed E-state index contributed by atoms with van der Waals surface area (Å²) in [6, 6.07) is 0. The van der Waals surface area contributed by atoms with E-state index < -0.39 is 54.4 Å². The molecule has 14 nitrogen and oxygen atoms in total. The first-order valence-electron chi connectivity index (χ1n) is 5.57. The number of rotatable bonds is 7. The molecule has 142 valence electrons. The maximum absolute atomic E-state index is 10.3. The summed E-state index contributed by atoms with van der Waals surface area (Å²) in [4.78, 5) is 58.0. The second-order valence-electron chi connectivity index (χ2n) is 3.75. The normalized spacial score (nSPS) is 11.1. The SMILES string of the molecule is O=C(O)C=CC(=O)O.O=C(O)O.O=C([O-])CC(O)(CC(=O)O)C(=O)O.[Na+]. The molecule has 0 aliphatic carbocycles. The van der Waals surface area contributed by atoms with E-state index >= 15 is 0 Å². The molecule has 7 N–H and O–H groups in total. The molecule has 0 saturated carbocycles. The van der Waals surface area contributed by atoms with Crippen molar-refractivity contribution in [3.63, 3.8) is 0 Å². The van der Waals surface area contributed by atoms with Gasteiger partial charge in [-0.05, 0) is 0 Å². The quantitative estimate of drug-likeness (QED) is 0.157. The zero-order valence-corrected chi connectivity index (χ0v) is 15.1. The number of carboxylic acid groups (broad SMARTS) is 7. The van der Waals surface area contributed by atoms with E-state index in [1.807, 2.05) is 0 Å². The average molecular weight is 392 g/mol. The number of carbonyl (C=O) groups excluding carboxylic acids is 1. The van der Waals surface area contributed by atoms with Crippen LogP contribution in [-0.4, -0.2) is 77.3 Å². The second kappa shape index (κ2) is 15.8. The summed E-state index contributed by atoms with van der Waals surface area (Å²) < 4.78 is 0. The van der Waals surface area contributed by atoms with Gasteiger partial charge in [0.2, 0.25) is 0 Å². The summed E-state index contributed by atoms with van der Waals surface area (Å²) in [6.45, 7) is 0. The van der Waals surface area contributed by atoms with Gasteiger partial charge in [0, 0.05) is 24.5 Å².